The molecule has 4 aromatic heterocycles. The molecule has 0 spiro atoms. The van der Waals surface area contributed by atoms with Gasteiger partial charge in [-0.25, -0.2) is 14.8 Å². The Labute approximate surface area is 542 Å². The van der Waals surface area contributed by atoms with Gasteiger partial charge in [0.15, 0.2) is 0 Å². The highest BCUT2D eigenvalue weighted by molar-refractivity contribution is 6.01. The number of carbonyl (C=O) groups excluding carboxylic acids is 3. The van der Waals surface area contributed by atoms with E-state index in [0.29, 0.717) is 58.4 Å². The molecule has 0 saturated heterocycles. The number of aromatic hydroxyl groups is 2. The molecule has 12 aromatic rings. The molecule has 18 nitrogen and oxygen atoms in total. The Bertz CT molecular complexity index is 4380. The number of aromatic amines is 2. The fraction of sp³-hybridized carbons (Fsp3) is 0.237. The van der Waals surface area contributed by atoms with Crippen LogP contribution in [0.3, 0.4) is 0 Å². The number of nitrogens with zero attached hydrogens (tertiary/aromatic N) is 4. The van der Waals surface area contributed by atoms with Crippen molar-refractivity contribution < 1.29 is 44.0 Å². The highest BCUT2D eigenvalue weighted by atomic mass is 16.5. The van der Waals surface area contributed by atoms with Crippen molar-refractivity contribution in [3.05, 3.63) is 228 Å². The molecule has 2 fully saturated rings. The topological polar surface area (TPSA) is 265 Å². The maximum Gasteiger partial charge on any atom is 0.326 e. The summed E-state index contributed by atoms with van der Waals surface area (Å²) in [6.45, 7) is 0.979. The lowest BCUT2D eigenvalue weighted by Crippen LogP contribution is -2.45. The number of phenolic OH excluding ortho intramolecular Hbond substituents is 2. The van der Waals surface area contributed by atoms with E-state index in [0.717, 1.165) is 117 Å². The first-order valence-electron chi connectivity index (χ1n) is 32.2. The molecule has 9 N–H and O–H groups in total. The number of hydrogen-bond donors (Lipinski definition) is 8. The van der Waals surface area contributed by atoms with Gasteiger partial charge in [-0.2, -0.15) is 0 Å². The summed E-state index contributed by atoms with van der Waals surface area (Å²) in [5, 5.41) is 36.9. The summed E-state index contributed by atoms with van der Waals surface area (Å²) in [6.07, 6.45) is 15.1. The van der Waals surface area contributed by atoms with Crippen LogP contribution in [0.1, 0.15) is 119 Å². The van der Waals surface area contributed by atoms with E-state index in [1.807, 2.05) is 121 Å². The van der Waals surface area contributed by atoms with E-state index < -0.39 is 35.8 Å². The number of carboxylic acids is 1. The van der Waals surface area contributed by atoms with Crippen LogP contribution in [0, 0.1) is 0 Å². The van der Waals surface area contributed by atoms with Crippen LogP contribution in [0.25, 0.3) is 66.6 Å². The van der Waals surface area contributed by atoms with Crippen molar-refractivity contribution in [2.45, 2.75) is 114 Å². The smallest absolute Gasteiger partial charge is 0.326 e. The maximum absolute atomic E-state index is 13.5. The Morgan fingerprint density at radius 1 is 0.511 bits per heavy atom. The second-order valence-corrected chi connectivity index (χ2v) is 24.5. The number of carboxylic acid groups (broad SMARTS) is 1. The lowest BCUT2D eigenvalue weighted by Gasteiger charge is -2.25. The van der Waals surface area contributed by atoms with Crippen molar-refractivity contribution in [3.8, 4) is 45.8 Å². The molecule has 476 valence electrons. The minimum atomic E-state index is -1.17. The monoisotopic (exact) mass is 1260 g/mol. The predicted octanol–water partition coefficient (Wildman–Crippen LogP) is 14.2. The molecule has 4 heterocycles. The molecule has 2 aliphatic carbocycles. The molecule has 8 aromatic carbocycles. The minimum Gasteiger partial charge on any atom is -0.508 e. The van der Waals surface area contributed by atoms with Crippen LogP contribution in [0.4, 0.5) is 0 Å². The fourth-order valence-electron chi connectivity index (χ4n) is 13.2. The number of nitrogens with two attached hydrogens (primary N) is 1. The van der Waals surface area contributed by atoms with Gasteiger partial charge in [0.05, 0.1) is 22.1 Å². The molecule has 0 radical (unpaired) electrons. The van der Waals surface area contributed by atoms with Crippen molar-refractivity contribution in [2.75, 3.05) is 0 Å². The van der Waals surface area contributed by atoms with Gasteiger partial charge in [0.25, 0.3) is 11.8 Å². The molecule has 0 unspecified atom stereocenters. The van der Waals surface area contributed by atoms with E-state index in [1.165, 1.54) is 25.7 Å². The van der Waals surface area contributed by atoms with Crippen molar-refractivity contribution in [1.82, 2.24) is 39.7 Å². The van der Waals surface area contributed by atoms with Crippen LogP contribution >= 0.6 is 0 Å². The van der Waals surface area contributed by atoms with Crippen LogP contribution in [-0.4, -0.2) is 80.2 Å². The number of benzene rings is 8. The number of imidazole rings is 2. The standard InChI is InChI=1S/C38H37N5O4.C38H36N4O5/c39-36(45)34(20-27-22-40-32-17-14-29(44)21-31(27)32)42-38(46)26-13-18-35-33(19-26)41-37(43(35)28-9-5-2-6-10-28)25-11-15-30(16-12-25)47-23-24-7-3-1-4-8-24;43-29-14-17-32-31(21-29)27(22-39-32)20-34(38(45)46)41-37(44)26-13-18-35-33(19-26)40-36(42(35)28-9-5-2-6-10-28)25-11-15-30(16-12-25)47-23-24-7-3-1-4-8-24/h1,3-4,7-8,11-19,21-22,28,34,40,44H,2,5-6,9-10,20,23H2,(H2,39,45)(H,42,46);1,3-4,7-8,11-19,21-22,28,34,39,43H,2,5-6,9-10,20,23H2,(H,41,44)(H,45,46)/t2*34-/m00/s1. The average molecular weight is 1260 g/mol. The van der Waals surface area contributed by atoms with Crippen LogP contribution in [0.15, 0.2) is 194 Å². The van der Waals surface area contributed by atoms with Gasteiger partial charge in [-0.1, -0.05) is 99.2 Å². The van der Waals surface area contributed by atoms with Gasteiger partial charge in [0, 0.05) is 81.4 Å². The second-order valence-electron chi connectivity index (χ2n) is 24.5. The number of amides is 3. The summed E-state index contributed by atoms with van der Waals surface area (Å²) >= 11 is 0. The molecule has 2 saturated carbocycles. The summed E-state index contributed by atoms with van der Waals surface area (Å²) in [4.78, 5) is 68.0. The molecule has 94 heavy (non-hydrogen) atoms. The number of nitrogens with one attached hydrogen (secondary N) is 4. The van der Waals surface area contributed by atoms with Crippen LogP contribution in [-0.2, 0) is 35.6 Å². The Morgan fingerprint density at radius 2 is 0.926 bits per heavy atom. The van der Waals surface area contributed by atoms with Gasteiger partial charge in [-0.3, -0.25) is 14.4 Å². The van der Waals surface area contributed by atoms with Crippen molar-refractivity contribution in [3.63, 3.8) is 0 Å². The number of fused-ring (bicyclic) bond motifs is 4. The number of rotatable bonds is 20. The van der Waals surface area contributed by atoms with E-state index in [9.17, 15) is 34.5 Å². The molecule has 14 rings (SSSR count). The Hall–Kier alpha value is -11.1. The predicted molar refractivity (Wildman–Crippen MR) is 363 cm³/mol. The van der Waals surface area contributed by atoms with Gasteiger partial charge in [-0.05, 0) is 169 Å². The third kappa shape index (κ3) is 13.9. The minimum absolute atomic E-state index is 0.0539. The fourth-order valence-corrected chi connectivity index (χ4v) is 13.2. The lowest BCUT2D eigenvalue weighted by molar-refractivity contribution is -0.139. The average Bonchev–Trinajstić information content (AvgIpc) is 1.62. The molecule has 18 heteroatoms. The van der Waals surface area contributed by atoms with Gasteiger partial charge in [0.1, 0.15) is 59.9 Å². The number of primary amides is 1. The molecular formula is C76H73N9O9. The first kappa shape index (κ1) is 61.7. The highest BCUT2D eigenvalue weighted by Crippen LogP contribution is 2.39. The summed E-state index contributed by atoms with van der Waals surface area (Å²) < 4.78 is 16.7. The third-order valence-corrected chi connectivity index (χ3v) is 18.1. The van der Waals surface area contributed by atoms with E-state index >= 15 is 0 Å². The highest BCUT2D eigenvalue weighted by Gasteiger charge is 2.28. The van der Waals surface area contributed by atoms with Crippen LogP contribution in [0.2, 0.25) is 0 Å². The first-order chi connectivity index (χ1) is 45.8. The zero-order valence-corrected chi connectivity index (χ0v) is 51.8. The number of H-pyrrole nitrogens is 2. The van der Waals surface area contributed by atoms with E-state index in [1.54, 1.807) is 73.1 Å². The van der Waals surface area contributed by atoms with E-state index in [-0.39, 0.29) is 24.3 Å². The maximum atomic E-state index is 13.5. The lowest BCUT2D eigenvalue weighted by atomic mass is 9.94. The quantitative estimate of drug-likeness (QED) is 0.0356. The summed E-state index contributed by atoms with van der Waals surface area (Å²) in [6, 6.07) is 55.4. The van der Waals surface area contributed by atoms with E-state index in [4.69, 9.17) is 25.2 Å². The Morgan fingerprint density at radius 3 is 1.34 bits per heavy atom. The normalized spacial score (nSPS) is 14.3. The molecular weight excluding hydrogens is 1180 g/mol. The molecule has 0 bridgehead atoms. The SMILES string of the molecule is NC(=O)[C@H](Cc1c[nH]c2ccc(O)cc12)NC(=O)c1ccc2c(c1)nc(-c1ccc(OCc3ccccc3)cc1)n2C1CCCCC1.O=C(N[C@@H](Cc1c[nH]c2ccc(O)cc12)C(=O)O)c1ccc2c(c1)nc(-c1ccc(OCc3ccccc3)cc1)n2C1CCCCC1. The first-order valence-corrected chi connectivity index (χ1v) is 32.2. The Kier molecular flexibility index (Phi) is 18.2. The number of carbonyl (C=O) groups is 4. The van der Waals surface area contributed by atoms with Crippen LogP contribution < -0.4 is 25.8 Å². The van der Waals surface area contributed by atoms with Gasteiger partial charge in [-0.15, -0.1) is 0 Å². The zero-order valence-electron chi connectivity index (χ0n) is 51.8. The van der Waals surface area contributed by atoms with Crippen molar-refractivity contribution in [2.24, 2.45) is 5.73 Å². The van der Waals surface area contributed by atoms with Crippen molar-refractivity contribution >= 4 is 67.6 Å². The molecule has 0 aliphatic heterocycles. The van der Waals surface area contributed by atoms with E-state index in [2.05, 4.69) is 29.7 Å². The Balaban J connectivity index is 0.000000171. The molecule has 3 amide bonds. The molecule has 2 atom stereocenters. The number of aliphatic carboxylic acids is 1. The van der Waals surface area contributed by atoms with Gasteiger partial charge >= 0.3 is 5.97 Å². The summed E-state index contributed by atoms with van der Waals surface area (Å²) in [5.74, 6) is 0.764. The largest absolute Gasteiger partial charge is 0.508 e. The second kappa shape index (κ2) is 27.8. The van der Waals surface area contributed by atoms with Gasteiger partial charge < -0.3 is 60.3 Å². The summed E-state index contributed by atoms with van der Waals surface area (Å²) in [7, 11) is 0. The molecule has 2 aliphatic rings. The van der Waals surface area contributed by atoms with Crippen LogP contribution in [0.5, 0.6) is 23.0 Å². The van der Waals surface area contributed by atoms with Crippen molar-refractivity contribution in [1.29, 1.82) is 0 Å². The number of aromatic nitrogens is 6. The van der Waals surface area contributed by atoms with Gasteiger partial charge in [0.2, 0.25) is 5.91 Å². The summed E-state index contributed by atoms with van der Waals surface area (Å²) in [5.41, 5.74) is 17.0. The zero-order chi connectivity index (χ0) is 64.7. The number of phenols is 2. The third-order valence-electron chi connectivity index (χ3n) is 18.1. The number of ether oxygens (including phenoxy) is 2. The number of hydrogen-bond acceptors (Lipinski definition) is 10.